The van der Waals surface area contributed by atoms with Crippen molar-refractivity contribution in [2.45, 2.75) is 46.0 Å². The molecule has 0 heterocycles. The van der Waals surface area contributed by atoms with Gasteiger partial charge in [-0.2, -0.15) is 0 Å². The molecule has 132 valence electrons. The van der Waals surface area contributed by atoms with Gasteiger partial charge in [0.1, 0.15) is 5.82 Å². The largest absolute Gasteiger partial charge is 0.205 e. The van der Waals surface area contributed by atoms with Crippen LogP contribution < -0.4 is 0 Å². The van der Waals surface area contributed by atoms with Crippen LogP contribution in [-0.2, 0) is 12.8 Å². The predicted molar refractivity (Wildman–Crippen MR) is 109 cm³/mol. The van der Waals surface area contributed by atoms with Gasteiger partial charge in [-0.3, -0.25) is 0 Å². The maximum atomic E-state index is 14.7. The van der Waals surface area contributed by atoms with E-state index in [0.717, 1.165) is 23.8 Å². The molecule has 0 N–H and O–H groups in total. The Morgan fingerprint density at radius 3 is 2.31 bits per heavy atom. The van der Waals surface area contributed by atoms with Crippen LogP contribution in [0, 0.1) is 17.7 Å². The van der Waals surface area contributed by atoms with E-state index in [2.05, 4.69) is 37.8 Å². The van der Waals surface area contributed by atoms with Crippen molar-refractivity contribution in [1.82, 2.24) is 0 Å². The van der Waals surface area contributed by atoms with Gasteiger partial charge in [0.25, 0.3) is 0 Å². The summed E-state index contributed by atoms with van der Waals surface area (Å²) >= 11 is 0. The van der Waals surface area contributed by atoms with Gasteiger partial charge in [0.15, 0.2) is 0 Å². The molecule has 0 aromatic heterocycles. The monoisotopic (exact) mass is 344 g/mol. The molecule has 0 radical (unpaired) electrons. The second-order valence-corrected chi connectivity index (χ2v) is 6.74. The predicted octanol–water partition coefficient (Wildman–Crippen LogP) is 6.67. The minimum atomic E-state index is -0.228. The van der Waals surface area contributed by atoms with Crippen LogP contribution in [0.4, 0.5) is 4.39 Å². The molecule has 0 saturated heterocycles. The molecular weight excluding hydrogens is 319 g/mol. The molecule has 0 aliphatic rings. The molecule has 0 amide bonds. The van der Waals surface area contributed by atoms with Crippen LogP contribution in [0.5, 0.6) is 0 Å². The third kappa shape index (κ3) is 4.33. The fourth-order valence-electron chi connectivity index (χ4n) is 3.13. The number of fused-ring (bicyclic) bond motifs is 1. The molecule has 3 aromatic carbocycles. The fraction of sp³-hybridized carbons (Fsp3) is 0.280. The van der Waals surface area contributed by atoms with Crippen LogP contribution in [-0.4, -0.2) is 0 Å². The van der Waals surface area contributed by atoms with Gasteiger partial charge < -0.3 is 0 Å². The first kappa shape index (κ1) is 18.2. The van der Waals surface area contributed by atoms with E-state index >= 15 is 0 Å². The zero-order chi connectivity index (χ0) is 18.4. The highest BCUT2D eigenvalue weighted by Crippen LogP contribution is 2.22. The van der Waals surface area contributed by atoms with Crippen LogP contribution in [0.2, 0.25) is 0 Å². The van der Waals surface area contributed by atoms with Crippen LogP contribution in [0.1, 0.15) is 55.4 Å². The van der Waals surface area contributed by atoms with E-state index in [1.54, 1.807) is 6.07 Å². The highest BCUT2D eigenvalue weighted by molar-refractivity contribution is 5.85. The van der Waals surface area contributed by atoms with Gasteiger partial charge in [0.05, 0.1) is 5.56 Å². The van der Waals surface area contributed by atoms with Crippen LogP contribution in [0.3, 0.4) is 0 Å². The molecule has 0 saturated carbocycles. The molecule has 1 heteroatoms. The summed E-state index contributed by atoms with van der Waals surface area (Å²) in [5.74, 6) is 5.86. The molecule has 0 aliphatic carbocycles. The Hall–Kier alpha value is -2.59. The normalized spacial score (nSPS) is 10.6. The molecule has 3 rings (SSSR count). The smallest absolute Gasteiger partial charge is 0.146 e. The Balaban J connectivity index is 1.80. The van der Waals surface area contributed by atoms with Gasteiger partial charge in [-0.25, -0.2) is 4.39 Å². The van der Waals surface area contributed by atoms with Crippen molar-refractivity contribution in [3.63, 3.8) is 0 Å². The van der Waals surface area contributed by atoms with E-state index in [1.165, 1.54) is 30.4 Å². The van der Waals surface area contributed by atoms with Crippen molar-refractivity contribution in [1.29, 1.82) is 0 Å². The number of halogens is 1. The summed E-state index contributed by atoms with van der Waals surface area (Å²) < 4.78 is 14.7. The number of aryl methyl sites for hydroxylation is 2. The maximum absolute atomic E-state index is 14.7. The molecule has 0 fully saturated rings. The second kappa shape index (κ2) is 8.68. The summed E-state index contributed by atoms with van der Waals surface area (Å²) in [5.41, 5.74) is 3.93. The van der Waals surface area contributed by atoms with Crippen molar-refractivity contribution >= 4 is 10.8 Å². The molecule has 3 aromatic rings. The third-order valence-corrected chi connectivity index (χ3v) is 4.79. The minimum Gasteiger partial charge on any atom is -0.205 e. The maximum Gasteiger partial charge on any atom is 0.146 e. The van der Waals surface area contributed by atoms with Crippen molar-refractivity contribution in [2.75, 3.05) is 0 Å². The van der Waals surface area contributed by atoms with E-state index in [0.29, 0.717) is 10.9 Å². The average Bonchev–Trinajstić information content (AvgIpc) is 2.68. The van der Waals surface area contributed by atoms with Gasteiger partial charge in [-0.15, -0.1) is 0 Å². The lowest BCUT2D eigenvalue weighted by Crippen LogP contribution is -1.89. The Bertz CT molecular complexity index is 940. The fourth-order valence-corrected chi connectivity index (χ4v) is 3.13. The van der Waals surface area contributed by atoms with E-state index in [-0.39, 0.29) is 5.82 Å². The first-order chi connectivity index (χ1) is 12.7. The summed E-state index contributed by atoms with van der Waals surface area (Å²) in [6.07, 6.45) is 5.79. The third-order valence-electron chi connectivity index (χ3n) is 4.79. The van der Waals surface area contributed by atoms with E-state index in [9.17, 15) is 4.39 Å². The van der Waals surface area contributed by atoms with E-state index in [1.807, 2.05) is 36.4 Å². The standard InChI is InChI=1S/C25H25F/c1-3-5-6-7-20-8-10-21(11-9-20)12-14-22-15-16-23-18-19(4-2)13-17-24(23)25(22)26/h8-11,13,15-18H,3-7H2,1-2H3. The van der Waals surface area contributed by atoms with Gasteiger partial charge in [0.2, 0.25) is 0 Å². The minimum absolute atomic E-state index is 0.228. The Kier molecular flexibility index (Phi) is 6.08. The quantitative estimate of drug-likeness (QED) is 0.358. The lowest BCUT2D eigenvalue weighted by molar-refractivity contribution is 0.636. The summed E-state index contributed by atoms with van der Waals surface area (Å²) in [6.45, 7) is 4.32. The van der Waals surface area contributed by atoms with Crippen molar-refractivity contribution in [3.8, 4) is 11.8 Å². The Labute approximate surface area is 156 Å². The summed E-state index contributed by atoms with van der Waals surface area (Å²) in [4.78, 5) is 0. The summed E-state index contributed by atoms with van der Waals surface area (Å²) in [7, 11) is 0. The van der Waals surface area contributed by atoms with Gasteiger partial charge in [-0.1, -0.05) is 74.9 Å². The SMILES string of the molecule is CCCCCc1ccc(C#Cc2ccc3cc(CC)ccc3c2F)cc1. The summed E-state index contributed by atoms with van der Waals surface area (Å²) in [6, 6.07) is 17.9. The van der Waals surface area contributed by atoms with Crippen LogP contribution in [0.15, 0.2) is 54.6 Å². The van der Waals surface area contributed by atoms with Gasteiger partial charge >= 0.3 is 0 Å². The van der Waals surface area contributed by atoms with Crippen LogP contribution in [0.25, 0.3) is 10.8 Å². The van der Waals surface area contributed by atoms with Crippen LogP contribution >= 0.6 is 0 Å². The van der Waals surface area contributed by atoms with Gasteiger partial charge in [-0.05, 0) is 54.0 Å². The molecule has 0 bridgehead atoms. The highest BCUT2D eigenvalue weighted by Gasteiger charge is 2.06. The average molecular weight is 344 g/mol. The molecular formula is C25H25F. The van der Waals surface area contributed by atoms with Crippen molar-refractivity contribution < 1.29 is 4.39 Å². The lowest BCUT2D eigenvalue weighted by atomic mass is 10.0. The number of benzene rings is 3. The molecule has 26 heavy (non-hydrogen) atoms. The number of hydrogen-bond acceptors (Lipinski definition) is 0. The second-order valence-electron chi connectivity index (χ2n) is 6.74. The topological polar surface area (TPSA) is 0 Å². The number of unbranched alkanes of at least 4 members (excludes halogenated alkanes) is 2. The van der Waals surface area contributed by atoms with E-state index < -0.39 is 0 Å². The zero-order valence-electron chi connectivity index (χ0n) is 15.6. The highest BCUT2D eigenvalue weighted by atomic mass is 19.1. The zero-order valence-corrected chi connectivity index (χ0v) is 15.6. The first-order valence-electron chi connectivity index (χ1n) is 9.53. The molecule has 0 unspecified atom stereocenters. The molecule has 0 atom stereocenters. The molecule has 0 aliphatic heterocycles. The Morgan fingerprint density at radius 2 is 1.58 bits per heavy atom. The molecule has 0 nitrogen and oxygen atoms in total. The number of hydrogen-bond donors (Lipinski definition) is 0. The molecule has 0 spiro atoms. The lowest BCUT2D eigenvalue weighted by Gasteiger charge is -2.04. The van der Waals surface area contributed by atoms with Crippen molar-refractivity contribution in [2.24, 2.45) is 0 Å². The van der Waals surface area contributed by atoms with Crippen molar-refractivity contribution in [3.05, 3.63) is 82.7 Å². The number of rotatable bonds is 5. The summed E-state index contributed by atoms with van der Waals surface area (Å²) in [5, 5.41) is 1.57. The Morgan fingerprint density at radius 1 is 0.808 bits per heavy atom. The van der Waals surface area contributed by atoms with E-state index in [4.69, 9.17) is 0 Å². The first-order valence-corrected chi connectivity index (χ1v) is 9.53. The van der Waals surface area contributed by atoms with Gasteiger partial charge in [0, 0.05) is 10.9 Å².